The molecule has 1 atom stereocenters. The van der Waals surface area contributed by atoms with Crippen molar-refractivity contribution >= 4 is 55.1 Å². The molecular formula is C60H46N2. The van der Waals surface area contributed by atoms with Crippen molar-refractivity contribution in [2.45, 2.75) is 18.8 Å². The fourth-order valence-corrected chi connectivity index (χ4v) is 10.7. The molecule has 1 heterocycles. The molecule has 1 aromatic heterocycles. The van der Waals surface area contributed by atoms with E-state index in [9.17, 15) is 0 Å². The molecule has 0 amide bonds. The van der Waals surface area contributed by atoms with E-state index in [-0.39, 0.29) is 11.3 Å². The minimum absolute atomic E-state index is 0.200. The largest absolute Gasteiger partial charge is 0.310 e. The summed E-state index contributed by atoms with van der Waals surface area (Å²) in [6, 6.07) is 71.6. The van der Waals surface area contributed by atoms with Crippen LogP contribution in [0.5, 0.6) is 0 Å². The van der Waals surface area contributed by atoms with Crippen LogP contribution in [-0.2, 0) is 5.41 Å². The zero-order valence-electron chi connectivity index (χ0n) is 34.8. The number of hydrogen-bond acceptors (Lipinski definition) is 1. The van der Waals surface area contributed by atoms with Gasteiger partial charge < -0.3 is 9.47 Å². The second-order valence-corrected chi connectivity index (χ2v) is 16.3. The van der Waals surface area contributed by atoms with E-state index in [1.807, 2.05) is 12.2 Å². The van der Waals surface area contributed by atoms with Gasteiger partial charge in [-0.15, -0.1) is 0 Å². The van der Waals surface area contributed by atoms with Crippen molar-refractivity contribution in [2.24, 2.45) is 5.92 Å². The zero-order chi connectivity index (χ0) is 41.6. The third-order valence-corrected chi connectivity index (χ3v) is 13.2. The number of rotatable bonds is 9. The maximum Gasteiger partial charge on any atom is 0.0561 e. The van der Waals surface area contributed by atoms with Gasteiger partial charge in [-0.3, -0.25) is 0 Å². The number of hydrogen-bond donors (Lipinski definition) is 0. The van der Waals surface area contributed by atoms with Crippen molar-refractivity contribution in [3.05, 3.63) is 271 Å². The van der Waals surface area contributed by atoms with Crippen molar-refractivity contribution in [3.63, 3.8) is 0 Å². The van der Waals surface area contributed by atoms with Gasteiger partial charge in [-0.2, -0.15) is 0 Å². The van der Waals surface area contributed by atoms with E-state index in [2.05, 4.69) is 241 Å². The Kier molecular flexibility index (Phi) is 9.28. The van der Waals surface area contributed by atoms with Gasteiger partial charge >= 0.3 is 0 Å². The van der Waals surface area contributed by atoms with Crippen LogP contribution in [0.1, 0.15) is 41.2 Å². The maximum atomic E-state index is 3.95. The number of fused-ring (bicyclic) bond motifs is 7. The van der Waals surface area contributed by atoms with E-state index < -0.39 is 0 Å². The highest BCUT2D eigenvalue weighted by atomic mass is 15.2. The third kappa shape index (κ3) is 5.79. The molecular weight excluding hydrogens is 749 g/mol. The molecule has 9 aromatic rings. The van der Waals surface area contributed by atoms with E-state index in [1.165, 1.54) is 71.7 Å². The predicted octanol–water partition coefficient (Wildman–Crippen LogP) is 15.6. The second-order valence-electron chi connectivity index (χ2n) is 16.3. The molecule has 1 unspecified atom stereocenters. The SMILES string of the molecule is C=C/C=C\C(=C/C)c1ccc(N(C2=CCC3C(=C2)c2ccccc2C3(c2ccccc2)c2ccccc2)c2ccc3c4ccccc4n(-c4ccccc4)c3c2)c2ccccc12. The lowest BCUT2D eigenvalue weighted by atomic mass is 9.63. The molecule has 62 heavy (non-hydrogen) atoms. The average Bonchev–Trinajstić information content (AvgIpc) is 3.83. The van der Waals surface area contributed by atoms with E-state index in [0.717, 1.165) is 29.1 Å². The van der Waals surface area contributed by atoms with Crippen LogP contribution in [0.25, 0.3) is 49.4 Å². The molecule has 2 aliphatic carbocycles. The van der Waals surface area contributed by atoms with Gasteiger partial charge in [0.05, 0.1) is 22.1 Å². The summed E-state index contributed by atoms with van der Waals surface area (Å²) in [7, 11) is 0. The van der Waals surface area contributed by atoms with Crippen LogP contribution in [0.4, 0.5) is 11.4 Å². The Hall–Kier alpha value is -7.68. The standard InChI is InChI=1S/C60H46N2/c1-3-5-21-42(4-2)48-37-39-58(51-30-16-15-28-49(48)51)61(47-34-36-53-52-31-18-20-33-57(52)62(59(53)41-47)45-26-13-8-14-27-45)46-35-38-56-54(40-46)50-29-17-19-32-55(50)60(56,43-22-9-6-10-23-43)44-24-11-7-12-25-44/h3-37,39-41,56H,1,38H2,2H3/b21-5-,42-4+. The zero-order valence-corrected chi connectivity index (χ0v) is 34.8. The van der Waals surface area contributed by atoms with Gasteiger partial charge in [0.2, 0.25) is 0 Å². The Morgan fingerprint density at radius 2 is 1.26 bits per heavy atom. The molecule has 0 bridgehead atoms. The van der Waals surface area contributed by atoms with Crippen LogP contribution in [0.2, 0.25) is 0 Å². The van der Waals surface area contributed by atoms with Crippen LogP contribution >= 0.6 is 0 Å². The van der Waals surface area contributed by atoms with E-state index in [1.54, 1.807) is 0 Å². The molecule has 0 saturated carbocycles. The molecule has 8 aromatic carbocycles. The first-order valence-electron chi connectivity index (χ1n) is 21.7. The van der Waals surface area contributed by atoms with Gasteiger partial charge in [-0.25, -0.2) is 0 Å². The van der Waals surface area contributed by atoms with Crippen molar-refractivity contribution in [3.8, 4) is 5.69 Å². The topological polar surface area (TPSA) is 8.17 Å². The number of aromatic nitrogens is 1. The second kappa shape index (κ2) is 15.4. The highest BCUT2D eigenvalue weighted by Gasteiger charge is 2.52. The van der Waals surface area contributed by atoms with Crippen LogP contribution in [0, 0.1) is 5.92 Å². The lowest BCUT2D eigenvalue weighted by Crippen LogP contribution is -2.35. The maximum absolute atomic E-state index is 3.95. The van der Waals surface area contributed by atoms with Crippen molar-refractivity contribution in [2.75, 3.05) is 4.90 Å². The van der Waals surface area contributed by atoms with E-state index >= 15 is 0 Å². The number of nitrogens with zero attached hydrogens (tertiary/aromatic N) is 2. The third-order valence-electron chi connectivity index (χ3n) is 13.2. The predicted molar refractivity (Wildman–Crippen MR) is 263 cm³/mol. The summed E-state index contributed by atoms with van der Waals surface area (Å²) in [5.74, 6) is 0.200. The smallest absolute Gasteiger partial charge is 0.0561 e. The number of anilines is 2. The Labute approximate surface area is 364 Å². The molecule has 0 saturated heterocycles. The number of para-hydroxylation sites is 2. The summed E-state index contributed by atoms with van der Waals surface area (Å²) in [6.45, 7) is 6.06. The van der Waals surface area contributed by atoms with Gasteiger partial charge in [0, 0.05) is 39.1 Å². The fraction of sp³-hybridized carbons (Fsp3) is 0.0667. The lowest BCUT2D eigenvalue weighted by molar-refractivity contribution is 0.482. The van der Waals surface area contributed by atoms with Crippen LogP contribution in [-0.4, -0.2) is 4.57 Å². The summed E-state index contributed by atoms with van der Waals surface area (Å²) >= 11 is 0. The highest BCUT2D eigenvalue weighted by molar-refractivity contribution is 6.11. The van der Waals surface area contributed by atoms with Crippen LogP contribution in [0.15, 0.2) is 243 Å². The van der Waals surface area contributed by atoms with E-state index in [0.29, 0.717) is 0 Å². The van der Waals surface area contributed by atoms with Crippen molar-refractivity contribution < 1.29 is 0 Å². The van der Waals surface area contributed by atoms with Gasteiger partial charge in [-0.05, 0) is 100 Å². The van der Waals surface area contributed by atoms with Crippen molar-refractivity contribution in [1.82, 2.24) is 4.57 Å². The summed E-state index contributed by atoms with van der Waals surface area (Å²) in [5.41, 5.74) is 15.7. The quantitative estimate of drug-likeness (QED) is 0.132. The average molecular weight is 795 g/mol. The monoisotopic (exact) mass is 794 g/mol. The normalized spacial score (nSPS) is 15.7. The summed E-state index contributed by atoms with van der Waals surface area (Å²) < 4.78 is 2.42. The van der Waals surface area contributed by atoms with E-state index in [4.69, 9.17) is 0 Å². The number of benzene rings is 8. The molecule has 296 valence electrons. The molecule has 2 nitrogen and oxygen atoms in total. The van der Waals surface area contributed by atoms with Crippen LogP contribution < -0.4 is 4.90 Å². The highest BCUT2D eigenvalue weighted by Crippen LogP contribution is 2.60. The van der Waals surface area contributed by atoms with Gasteiger partial charge in [0.15, 0.2) is 0 Å². The number of allylic oxidation sites excluding steroid dienone is 8. The van der Waals surface area contributed by atoms with Gasteiger partial charge in [0.25, 0.3) is 0 Å². The first-order chi connectivity index (χ1) is 30.7. The molecule has 0 radical (unpaired) electrons. The Bertz CT molecular complexity index is 3250. The summed E-state index contributed by atoms with van der Waals surface area (Å²) in [5, 5.41) is 4.87. The minimum Gasteiger partial charge on any atom is -0.310 e. The molecule has 0 N–H and O–H groups in total. The summed E-state index contributed by atoms with van der Waals surface area (Å²) in [6.07, 6.45) is 14.1. The molecule has 0 fully saturated rings. The van der Waals surface area contributed by atoms with Crippen LogP contribution in [0.3, 0.4) is 0 Å². The molecule has 2 aliphatic rings. The van der Waals surface area contributed by atoms with Crippen molar-refractivity contribution in [1.29, 1.82) is 0 Å². The molecule has 2 heteroatoms. The minimum atomic E-state index is -0.344. The van der Waals surface area contributed by atoms with Gasteiger partial charge in [0.1, 0.15) is 0 Å². The lowest BCUT2D eigenvalue weighted by Gasteiger charge is -2.40. The Morgan fingerprint density at radius 3 is 1.98 bits per heavy atom. The Balaban J connectivity index is 1.17. The molecule has 0 aliphatic heterocycles. The first kappa shape index (κ1) is 37.3. The first-order valence-corrected chi connectivity index (χ1v) is 21.7. The molecule has 11 rings (SSSR count). The molecule has 0 spiro atoms. The fourth-order valence-electron chi connectivity index (χ4n) is 10.7. The van der Waals surface area contributed by atoms with Gasteiger partial charge in [-0.1, -0.05) is 195 Å². The Morgan fingerprint density at radius 1 is 0.629 bits per heavy atom. The summed E-state index contributed by atoms with van der Waals surface area (Å²) in [4.78, 5) is 2.52.